The number of rotatable bonds is 2. The van der Waals surface area contributed by atoms with Crippen LogP contribution in [-0.4, -0.2) is 18.5 Å². The summed E-state index contributed by atoms with van der Waals surface area (Å²) in [7, 11) is -3.70. The van der Waals surface area contributed by atoms with E-state index in [-0.39, 0.29) is 21.1 Å². The second kappa shape index (κ2) is 5.37. The highest BCUT2D eigenvalue weighted by Crippen LogP contribution is 2.37. The molecule has 3 rings (SSSR count). The van der Waals surface area contributed by atoms with Crippen molar-refractivity contribution in [3.8, 4) is 5.75 Å². The predicted molar refractivity (Wildman–Crippen MR) is 87.7 cm³/mol. The molecule has 0 amide bonds. The topological polar surface area (TPSA) is 67.3 Å². The minimum Gasteiger partial charge on any atom is -0.505 e. The summed E-state index contributed by atoms with van der Waals surface area (Å²) in [5.74, 6) is -0.0709. The van der Waals surface area contributed by atoms with Crippen LogP contribution in [0.15, 0.2) is 62.9 Å². The highest BCUT2D eigenvalue weighted by atomic mass is 79.9. The van der Waals surface area contributed by atoms with E-state index in [9.17, 15) is 13.5 Å². The third kappa shape index (κ3) is 2.38. The van der Waals surface area contributed by atoms with Gasteiger partial charge in [-0.1, -0.05) is 17.7 Å². The normalized spacial score (nSPS) is 11.7. The highest BCUT2D eigenvalue weighted by molar-refractivity contribution is 9.10. The van der Waals surface area contributed by atoms with E-state index in [1.807, 2.05) is 6.92 Å². The molecule has 0 aliphatic carbocycles. The van der Waals surface area contributed by atoms with Crippen LogP contribution in [0, 0.1) is 6.92 Å². The van der Waals surface area contributed by atoms with Gasteiger partial charge < -0.3 is 5.11 Å². The number of nitrogens with zero attached hydrogens (tertiary/aromatic N) is 1. The smallest absolute Gasteiger partial charge is 0.207 e. The fourth-order valence-electron chi connectivity index (χ4n) is 2.23. The van der Waals surface area contributed by atoms with Gasteiger partial charge in [0.2, 0.25) is 9.84 Å². The maximum atomic E-state index is 12.9. The van der Waals surface area contributed by atoms with Crippen molar-refractivity contribution in [3.63, 3.8) is 0 Å². The van der Waals surface area contributed by atoms with E-state index in [0.29, 0.717) is 9.86 Å². The van der Waals surface area contributed by atoms with Gasteiger partial charge in [-0.3, -0.25) is 4.98 Å². The maximum absolute atomic E-state index is 12.9. The average Bonchev–Trinajstić information content (AvgIpc) is 2.51. The Kier molecular flexibility index (Phi) is 3.66. The maximum Gasteiger partial charge on any atom is 0.207 e. The van der Waals surface area contributed by atoms with Crippen LogP contribution in [0.2, 0.25) is 0 Å². The quantitative estimate of drug-likeness (QED) is 0.736. The Morgan fingerprint density at radius 3 is 2.50 bits per heavy atom. The molecule has 1 N–H and O–H groups in total. The number of hydrogen-bond acceptors (Lipinski definition) is 4. The van der Waals surface area contributed by atoms with Gasteiger partial charge >= 0.3 is 0 Å². The molecule has 0 spiro atoms. The van der Waals surface area contributed by atoms with Gasteiger partial charge in [0.05, 0.1) is 14.3 Å². The van der Waals surface area contributed by atoms with Crippen LogP contribution in [-0.2, 0) is 9.84 Å². The SMILES string of the molecule is Cc1ccc(S(=O)(=O)c2cc(Br)c(O)c3ncccc23)cc1. The lowest BCUT2D eigenvalue weighted by Gasteiger charge is -2.10. The summed E-state index contributed by atoms with van der Waals surface area (Å²) >= 11 is 3.19. The van der Waals surface area contributed by atoms with Gasteiger partial charge in [0.15, 0.2) is 5.75 Å². The van der Waals surface area contributed by atoms with Crippen molar-refractivity contribution < 1.29 is 13.5 Å². The van der Waals surface area contributed by atoms with Crippen LogP contribution in [0.4, 0.5) is 0 Å². The molecule has 0 saturated heterocycles. The molecule has 1 heterocycles. The van der Waals surface area contributed by atoms with Gasteiger partial charge in [-0.25, -0.2) is 8.42 Å². The summed E-state index contributed by atoms with van der Waals surface area (Å²) in [6.45, 7) is 1.90. The summed E-state index contributed by atoms with van der Waals surface area (Å²) in [5, 5.41) is 10.4. The molecule has 2 aromatic carbocycles. The molecule has 0 unspecified atom stereocenters. The largest absolute Gasteiger partial charge is 0.505 e. The van der Waals surface area contributed by atoms with Gasteiger partial charge in [-0.2, -0.15) is 0 Å². The predicted octanol–water partition coefficient (Wildman–Crippen LogP) is 3.84. The molecule has 0 saturated carbocycles. The van der Waals surface area contributed by atoms with Crippen molar-refractivity contribution in [3.05, 3.63) is 58.7 Å². The van der Waals surface area contributed by atoms with Crippen molar-refractivity contribution in [2.45, 2.75) is 16.7 Å². The molecule has 0 aliphatic heterocycles. The number of fused-ring (bicyclic) bond motifs is 1. The number of halogens is 1. The number of aromatic nitrogens is 1. The molecule has 112 valence electrons. The Morgan fingerprint density at radius 1 is 1.14 bits per heavy atom. The molecule has 0 aliphatic rings. The molecule has 1 aromatic heterocycles. The molecular formula is C16H12BrNO3S. The summed E-state index contributed by atoms with van der Waals surface area (Å²) in [5.41, 5.74) is 1.24. The zero-order valence-corrected chi connectivity index (χ0v) is 14.0. The number of aryl methyl sites for hydroxylation is 1. The second-order valence-corrected chi connectivity index (χ2v) is 7.69. The lowest BCUT2D eigenvalue weighted by Crippen LogP contribution is -2.03. The Labute approximate surface area is 136 Å². The molecule has 0 atom stereocenters. The van der Waals surface area contributed by atoms with Crippen molar-refractivity contribution in [2.24, 2.45) is 0 Å². The van der Waals surface area contributed by atoms with Crippen molar-refractivity contribution >= 4 is 36.7 Å². The lowest BCUT2D eigenvalue weighted by molar-refractivity contribution is 0.476. The van der Waals surface area contributed by atoms with Crippen LogP contribution in [0.5, 0.6) is 5.75 Å². The van der Waals surface area contributed by atoms with Gasteiger partial charge in [0, 0.05) is 11.6 Å². The van der Waals surface area contributed by atoms with E-state index < -0.39 is 9.84 Å². The molecule has 22 heavy (non-hydrogen) atoms. The summed E-state index contributed by atoms with van der Waals surface area (Å²) in [4.78, 5) is 4.40. The molecule has 4 nitrogen and oxygen atoms in total. The minimum absolute atomic E-state index is 0.0709. The number of phenols is 1. The number of hydrogen-bond donors (Lipinski definition) is 1. The van der Waals surface area contributed by atoms with Gasteiger partial charge in [-0.15, -0.1) is 0 Å². The highest BCUT2D eigenvalue weighted by Gasteiger charge is 2.23. The third-order valence-electron chi connectivity index (χ3n) is 3.40. The summed E-state index contributed by atoms with van der Waals surface area (Å²) in [6, 6.07) is 11.3. The number of benzene rings is 2. The van der Waals surface area contributed by atoms with E-state index in [1.54, 1.807) is 36.4 Å². The first-order chi connectivity index (χ1) is 10.4. The van der Waals surface area contributed by atoms with E-state index in [2.05, 4.69) is 20.9 Å². The van der Waals surface area contributed by atoms with E-state index >= 15 is 0 Å². The lowest BCUT2D eigenvalue weighted by atomic mass is 10.2. The van der Waals surface area contributed by atoms with Crippen molar-refractivity contribution in [1.82, 2.24) is 4.98 Å². The zero-order valence-electron chi connectivity index (χ0n) is 11.6. The third-order valence-corrected chi connectivity index (χ3v) is 5.82. The first kappa shape index (κ1) is 15.0. The van der Waals surface area contributed by atoms with Crippen molar-refractivity contribution in [2.75, 3.05) is 0 Å². The number of aromatic hydroxyl groups is 1. The monoisotopic (exact) mass is 377 g/mol. The van der Waals surface area contributed by atoms with Crippen LogP contribution < -0.4 is 0 Å². The summed E-state index contributed by atoms with van der Waals surface area (Å²) < 4.78 is 26.1. The second-order valence-electron chi connectivity index (χ2n) is 4.92. The van der Waals surface area contributed by atoms with Crippen LogP contribution >= 0.6 is 15.9 Å². The number of pyridine rings is 1. The van der Waals surface area contributed by atoms with Crippen LogP contribution in [0.3, 0.4) is 0 Å². The Bertz CT molecular complexity index is 967. The Hall–Kier alpha value is -1.92. The Balaban J connectivity index is 2.34. The van der Waals surface area contributed by atoms with Crippen LogP contribution in [0.25, 0.3) is 10.9 Å². The molecule has 0 bridgehead atoms. The van der Waals surface area contributed by atoms with E-state index in [1.165, 1.54) is 12.3 Å². The van der Waals surface area contributed by atoms with Gasteiger partial charge in [0.1, 0.15) is 5.52 Å². The first-order valence-electron chi connectivity index (χ1n) is 6.49. The molecule has 3 aromatic rings. The molecule has 0 fully saturated rings. The molecule has 6 heteroatoms. The van der Waals surface area contributed by atoms with Crippen molar-refractivity contribution in [1.29, 1.82) is 0 Å². The standard InChI is InChI=1S/C16H12BrNO3S/c1-10-4-6-11(7-5-10)22(20,21)14-9-13(17)16(19)15-12(14)3-2-8-18-15/h2-9,19H,1H3. The van der Waals surface area contributed by atoms with E-state index in [0.717, 1.165) is 5.56 Å². The Morgan fingerprint density at radius 2 is 1.82 bits per heavy atom. The van der Waals surface area contributed by atoms with Gasteiger partial charge in [-0.05, 0) is 53.2 Å². The fraction of sp³-hybridized carbons (Fsp3) is 0.0625. The average molecular weight is 378 g/mol. The zero-order chi connectivity index (χ0) is 15.9. The van der Waals surface area contributed by atoms with Crippen LogP contribution in [0.1, 0.15) is 5.56 Å². The fourth-order valence-corrected chi connectivity index (χ4v) is 4.28. The summed E-state index contributed by atoms with van der Waals surface area (Å²) in [6.07, 6.45) is 1.51. The first-order valence-corrected chi connectivity index (χ1v) is 8.77. The number of phenolic OH excluding ortho intramolecular Hbond substituents is 1. The van der Waals surface area contributed by atoms with Gasteiger partial charge in [0.25, 0.3) is 0 Å². The molecular weight excluding hydrogens is 366 g/mol. The number of sulfone groups is 1. The van der Waals surface area contributed by atoms with E-state index in [4.69, 9.17) is 0 Å². The molecule has 0 radical (unpaired) electrons. The minimum atomic E-state index is -3.70.